The van der Waals surface area contributed by atoms with E-state index in [4.69, 9.17) is 4.74 Å². The Morgan fingerprint density at radius 3 is 2.31 bits per heavy atom. The number of aliphatic hydroxyl groups is 1. The van der Waals surface area contributed by atoms with Gasteiger partial charge in [-0.15, -0.1) is 0 Å². The van der Waals surface area contributed by atoms with Crippen LogP contribution < -0.4 is 5.32 Å². The zero-order chi connectivity index (χ0) is 12.4. The highest BCUT2D eigenvalue weighted by Gasteiger charge is 2.13. The Bertz CT molecular complexity index is 151. The van der Waals surface area contributed by atoms with Gasteiger partial charge in [0.2, 0.25) is 0 Å². The first-order valence-corrected chi connectivity index (χ1v) is 6.62. The van der Waals surface area contributed by atoms with Crippen molar-refractivity contribution in [1.29, 1.82) is 0 Å². The predicted octanol–water partition coefficient (Wildman–Crippen LogP) is 2.54. The number of hydrogen-bond acceptors (Lipinski definition) is 3. The van der Waals surface area contributed by atoms with Crippen LogP contribution in [0.1, 0.15) is 53.4 Å². The fourth-order valence-electron chi connectivity index (χ4n) is 1.57. The summed E-state index contributed by atoms with van der Waals surface area (Å²) in [5.74, 6) is 0.687. The summed E-state index contributed by atoms with van der Waals surface area (Å²) in [4.78, 5) is 0. The molecule has 2 unspecified atom stereocenters. The number of hydrogen-bond donors (Lipinski definition) is 2. The Labute approximate surface area is 101 Å². The topological polar surface area (TPSA) is 41.5 Å². The fraction of sp³-hybridized carbons (Fsp3) is 1.00. The third-order valence-corrected chi connectivity index (χ3v) is 2.63. The molecule has 0 saturated heterocycles. The molecule has 0 bridgehead atoms. The molecule has 0 fully saturated rings. The standard InChI is InChI=1S/C13H29NO2/c1-5-9-16-13(6-2)14-12(10-15)8-7-11(3)4/h11-15H,5-10H2,1-4H3. The summed E-state index contributed by atoms with van der Waals surface area (Å²) < 4.78 is 5.66. The van der Waals surface area contributed by atoms with Gasteiger partial charge in [0.15, 0.2) is 0 Å². The zero-order valence-corrected chi connectivity index (χ0v) is 11.3. The third kappa shape index (κ3) is 8.08. The van der Waals surface area contributed by atoms with Crippen LogP contribution in [-0.4, -0.2) is 30.6 Å². The lowest BCUT2D eigenvalue weighted by molar-refractivity contribution is 0.0120. The van der Waals surface area contributed by atoms with Gasteiger partial charge in [0.25, 0.3) is 0 Å². The molecule has 0 aromatic heterocycles. The van der Waals surface area contributed by atoms with Crippen LogP contribution in [0.5, 0.6) is 0 Å². The first-order chi connectivity index (χ1) is 7.63. The minimum atomic E-state index is 0.0873. The molecule has 2 N–H and O–H groups in total. The lowest BCUT2D eigenvalue weighted by Gasteiger charge is -2.24. The zero-order valence-electron chi connectivity index (χ0n) is 11.3. The smallest absolute Gasteiger partial charge is 0.108 e. The molecule has 2 atom stereocenters. The highest BCUT2D eigenvalue weighted by molar-refractivity contribution is 4.68. The molecule has 0 aromatic rings. The van der Waals surface area contributed by atoms with E-state index in [-0.39, 0.29) is 18.9 Å². The molecule has 0 rings (SSSR count). The fourth-order valence-corrected chi connectivity index (χ4v) is 1.57. The van der Waals surface area contributed by atoms with Crippen molar-refractivity contribution in [3.05, 3.63) is 0 Å². The van der Waals surface area contributed by atoms with Crippen molar-refractivity contribution in [3.8, 4) is 0 Å². The van der Waals surface area contributed by atoms with Crippen molar-refractivity contribution in [3.63, 3.8) is 0 Å². The normalized spacial score (nSPS) is 15.4. The molecule has 98 valence electrons. The number of nitrogens with one attached hydrogen (secondary N) is 1. The molecule has 0 aliphatic carbocycles. The van der Waals surface area contributed by atoms with Gasteiger partial charge in [0, 0.05) is 12.6 Å². The molecule has 0 heterocycles. The maximum atomic E-state index is 9.29. The van der Waals surface area contributed by atoms with E-state index in [0.717, 1.165) is 32.3 Å². The van der Waals surface area contributed by atoms with Gasteiger partial charge < -0.3 is 9.84 Å². The SMILES string of the molecule is CCCOC(CC)NC(CO)CCC(C)C. The van der Waals surface area contributed by atoms with Crippen LogP contribution in [0.2, 0.25) is 0 Å². The van der Waals surface area contributed by atoms with Crippen molar-refractivity contribution in [2.24, 2.45) is 5.92 Å². The minimum absolute atomic E-state index is 0.0873. The lowest BCUT2D eigenvalue weighted by Crippen LogP contribution is -2.42. The molecule has 0 aliphatic heterocycles. The van der Waals surface area contributed by atoms with Gasteiger partial charge in [-0.05, 0) is 31.6 Å². The van der Waals surface area contributed by atoms with Crippen molar-refractivity contribution < 1.29 is 9.84 Å². The minimum Gasteiger partial charge on any atom is -0.395 e. The van der Waals surface area contributed by atoms with Crippen LogP contribution in [0.25, 0.3) is 0 Å². The van der Waals surface area contributed by atoms with Gasteiger partial charge in [-0.25, -0.2) is 0 Å². The monoisotopic (exact) mass is 231 g/mol. The average Bonchev–Trinajstić information content (AvgIpc) is 2.28. The number of aliphatic hydroxyl groups excluding tert-OH is 1. The summed E-state index contributed by atoms with van der Waals surface area (Å²) in [6.45, 7) is 9.60. The van der Waals surface area contributed by atoms with E-state index in [1.807, 2.05) is 0 Å². The number of rotatable bonds is 10. The van der Waals surface area contributed by atoms with E-state index in [1.54, 1.807) is 0 Å². The molecular formula is C13H29NO2. The highest BCUT2D eigenvalue weighted by atomic mass is 16.5. The van der Waals surface area contributed by atoms with Gasteiger partial charge in [-0.2, -0.15) is 0 Å². The highest BCUT2D eigenvalue weighted by Crippen LogP contribution is 2.08. The lowest BCUT2D eigenvalue weighted by atomic mass is 10.0. The van der Waals surface area contributed by atoms with Gasteiger partial charge in [0.1, 0.15) is 6.23 Å². The van der Waals surface area contributed by atoms with E-state index >= 15 is 0 Å². The molecule has 0 aliphatic rings. The maximum absolute atomic E-state index is 9.29. The van der Waals surface area contributed by atoms with Gasteiger partial charge in [0.05, 0.1) is 6.61 Å². The summed E-state index contributed by atoms with van der Waals surface area (Å²) in [6, 6.07) is 0.171. The largest absolute Gasteiger partial charge is 0.395 e. The summed E-state index contributed by atoms with van der Waals surface area (Å²) in [7, 11) is 0. The van der Waals surface area contributed by atoms with Crippen LogP contribution in [-0.2, 0) is 4.74 Å². The van der Waals surface area contributed by atoms with E-state index in [9.17, 15) is 5.11 Å². The molecular weight excluding hydrogens is 202 g/mol. The third-order valence-electron chi connectivity index (χ3n) is 2.63. The molecule has 16 heavy (non-hydrogen) atoms. The quantitative estimate of drug-likeness (QED) is 0.568. The Morgan fingerprint density at radius 2 is 1.88 bits per heavy atom. The second-order valence-electron chi connectivity index (χ2n) is 4.79. The van der Waals surface area contributed by atoms with Crippen LogP contribution in [0.3, 0.4) is 0 Å². The Kier molecular flexibility index (Phi) is 9.99. The second kappa shape index (κ2) is 10.1. The first-order valence-electron chi connectivity index (χ1n) is 6.62. The number of ether oxygens (including phenoxy) is 1. The summed E-state index contributed by atoms with van der Waals surface area (Å²) in [5, 5.41) is 12.7. The first kappa shape index (κ1) is 15.9. The maximum Gasteiger partial charge on any atom is 0.108 e. The van der Waals surface area contributed by atoms with Crippen molar-refractivity contribution in [2.75, 3.05) is 13.2 Å². The van der Waals surface area contributed by atoms with Crippen LogP contribution >= 0.6 is 0 Å². The van der Waals surface area contributed by atoms with E-state index in [2.05, 4.69) is 33.0 Å². The molecule has 3 heteroatoms. The second-order valence-corrected chi connectivity index (χ2v) is 4.79. The van der Waals surface area contributed by atoms with Crippen molar-refractivity contribution in [2.45, 2.75) is 65.6 Å². The Balaban J connectivity index is 3.86. The van der Waals surface area contributed by atoms with Crippen LogP contribution in [0.4, 0.5) is 0 Å². The van der Waals surface area contributed by atoms with E-state index in [1.165, 1.54) is 0 Å². The molecule has 0 radical (unpaired) electrons. The summed E-state index contributed by atoms with van der Waals surface area (Å²) in [6.07, 6.45) is 4.22. The summed E-state index contributed by atoms with van der Waals surface area (Å²) >= 11 is 0. The van der Waals surface area contributed by atoms with E-state index < -0.39 is 0 Å². The summed E-state index contributed by atoms with van der Waals surface area (Å²) in [5.41, 5.74) is 0. The Hall–Kier alpha value is -0.120. The van der Waals surface area contributed by atoms with Crippen molar-refractivity contribution >= 4 is 0 Å². The van der Waals surface area contributed by atoms with Crippen LogP contribution in [0, 0.1) is 5.92 Å². The molecule has 0 amide bonds. The van der Waals surface area contributed by atoms with Crippen molar-refractivity contribution in [1.82, 2.24) is 5.32 Å². The molecule has 3 nitrogen and oxygen atoms in total. The molecule has 0 spiro atoms. The average molecular weight is 231 g/mol. The van der Waals surface area contributed by atoms with Crippen LogP contribution in [0.15, 0.2) is 0 Å². The van der Waals surface area contributed by atoms with Gasteiger partial charge in [-0.1, -0.05) is 27.7 Å². The molecule has 0 saturated carbocycles. The van der Waals surface area contributed by atoms with Gasteiger partial charge >= 0.3 is 0 Å². The molecule has 0 aromatic carbocycles. The van der Waals surface area contributed by atoms with E-state index in [0.29, 0.717) is 5.92 Å². The Morgan fingerprint density at radius 1 is 1.19 bits per heavy atom. The van der Waals surface area contributed by atoms with Gasteiger partial charge in [-0.3, -0.25) is 5.32 Å². The predicted molar refractivity (Wildman–Crippen MR) is 68.4 cm³/mol.